The third-order valence-corrected chi connectivity index (χ3v) is 5.31. The lowest BCUT2D eigenvalue weighted by atomic mass is 9.60. The van der Waals surface area contributed by atoms with Gasteiger partial charge in [-0.2, -0.15) is 0 Å². The Labute approximate surface area is 113 Å². The monoisotopic (exact) mass is 272 g/mol. The van der Waals surface area contributed by atoms with Crippen molar-refractivity contribution >= 4 is 6.16 Å². The SMILES string of the molecule is CC(C)C1CCC(C)(C(C)(O)C2(O)OC(=O)O2)CC1. The summed E-state index contributed by atoms with van der Waals surface area (Å²) in [5.74, 6) is -0.942. The normalized spacial score (nSPS) is 37.0. The fraction of sp³-hybridized carbons (Fsp3) is 0.929. The first-order valence-electron chi connectivity index (χ1n) is 6.98. The maximum absolute atomic E-state index is 10.8. The smallest absolute Gasteiger partial charge is 0.379 e. The second-order valence-corrected chi connectivity index (χ2v) is 6.75. The molecular formula is C14H24O5. The molecule has 5 nitrogen and oxygen atoms in total. The van der Waals surface area contributed by atoms with E-state index in [0.29, 0.717) is 11.8 Å². The Bertz CT molecular complexity index is 358. The van der Waals surface area contributed by atoms with Gasteiger partial charge in [-0.1, -0.05) is 20.8 Å². The highest BCUT2D eigenvalue weighted by molar-refractivity contribution is 5.65. The summed E-state index contributed by atoms with van der Waals surface area (Å²) in [7, 11) is 0. The third-order valence-electron chi connectivity index (χ3n) is 5.31. The number of rotatable bonds is 3. The summed E-state index contributed by atoms with van der Waals surface area (Å²) in [5.41, 5.74) is -2.15. The lowest BCUT2D eigenvalue weighted by Crippen LogP contribution is -2.70. The summed E-state index contributed by atoms with van der Waals surface area (Å²) in [4.78, 5) is 10.8. The number of cyclic esters (lactones) is 2. The van der Waals surface area contributed by atoms with Crippen LogP contribution in [0.5, 0.6) is 0 Å². The summed E-state index contributed by atoms with van der Waals surface area (Å²) >= 11 is 0. The average Bonchev–Trinajstić information content (AvgIpc) is 2.27. The molecule has 0 radical (unpaired) electrons. The zero-order chi connectivity index (χ0) is 14.5. The maximum Gasteiger partial charge on any atom is 0.518 e. The van der Waals surface area contributed by atoms with Gasteiger partial charge in [-0.3, -0.25) is 0 Å². The number of aliphatic hydroxyl groups is 2. The van der Waals surface area contributed by atoms with Crippen molar-refractivity contribution in [3.63, 3.8) is 0 Å². The van der Waals surface area contributed by atoms with E-state index in [0.717, 1.165) is 25.7 Å². The molecule has 1 saturated carbocycles. The molecule has 0 aromatic carbocycles. The highest BCUT2D eigenvalue weighted by Gasteiger charge is 2.68. The van der Waals surface area contributed by atoms with Crippen LogP contribution in [0.4, 0.5) is 4.79 Å². The lowest BCUT2D eigenvalue weighted by Gasteiger charge is -2.54. The van der Waals surface area contributed by atoms with Crippen molar-refractivity contribution in [2.24, 2.45) is 17.3 Å². The zero-order valence-corrected chi connectivity index (χ0v) is 12.1. The predicted octanol–water partition coefficient (Wildman–Crippen LogP) is 2.40. The summed E-state index contributed by atoms with van der Waals surface area (Å²) in [6.07, 6.45) is 2.59. The fourth-order valence-corrected chi connectivity index (χ4v) is 3.24. The van der Waals surface area contributed by atoms with Crippen LogP contribution in [-0.2, 0) is 9.47 Å². The van der Waals surface area contributed by atoms with Crippen LogP contribution in [0.3, 0.4) is 0 Å². The minimum atomic E-state index is -2.20. The van der Waals surface area contributed by atoms with Crippen LogP contribution in [0.15, 0.2) is 0 Å². The first kappa shape index (κ1) is 14.6. The van der Waals surface area contributed by atoms with Crippen LogP contribution < -0.4 is 0 Å². The van der Waals surface area contributed by atoms with Gasteiger partial charge in [0, 0.05) is 5.41 Å². The van der Waals surface area contributed by atoms with E-state index in [-0.39, 0.29) is 0 Å². The van der Waals surface area contributed by atoms with Crippen molar-refractivity contribution in [3.05, 3.63) is 0 Å². The van der Waals surface area contributed by atoms with Gasteiger partial charge >= 0.3 is 12.1 Å². The van der Waals surface area contributed by atoms with E-state index in [1.165, 1.54) is 6.92 Å². The second-order valence-electron chi connectivity index (χ2n) is 6.75. The van der Waals surface area contributed by atoms with Gasteiger partial charge in [0.1, 0.15) is 0 Å². The molecule has 0 bridgehead atoms. The number of carbonyl (C=O) groups excluding carboxylic acids is 1. The topological polar surface area (TPSA) is 76.0 Å². The van der Waals surface area contributed by atoms with Gasteiger partial charge in [0.05, 0.1) is 0 Å². The molecule has 2 rings (SSSR count). The number of hydrogen-bond donors (Lipinski definition) is 2. The van der Waals surface area contributed by atoms with Gasteiger partial charge in [-0.15, -0.1) is 0 Å². The van der Waals surface area contributed by atoms with Crippen molar-refractivity contribution in [2.75, 3.05) is 0 Å². The summed E-state index contributed by atoms with van der Waals surface area (Å²) in [5, 5.41) is 20.8. The standard InChI is InChI=1S/C14H24O5/c1-9(2)10-5-7-12(3,8-6-10)13(4,16)14(17)18-11(15)19-14/h9-10,16-17H,5-8H2,1-4H3. The average molecular weight is 272 g/mol. The van der Waals surface area contributed by atoms with E-state index in [9.17, 15) is 15.0 Å². The first-order valence-corrected chi connectivity index (χ1v) is 6.98. The van der Waals surface area contributed by atoms with Gasteiger partial charge in [0.2, 0.25) is 0 Å². The number of carbonyl (C=O) groups is 1. The molecule has 0 aromatic heterocycles. The zero-order valence-electron chi connectivity index (χ0n) is 12.1. The van der Waals surface area contributed by atoms with Crippen LogP contribution in [0.2, 0.25) is 0 Å². The third kappa shape index (κ3) is 2.13. The Hall–Kier alpha value is -0.810. The van der Waals surface area contributed by atoms with Gasteiger partial charge in [0.15, 0.2) is 5.60 Å². The van der Waals surface area contributed by atoms with Crippen molar-refractivity contribution < 1.29 is 24.5 Å². The highest BCUT2D eigenvalue weighted by Crippen LogP contribution is 2.53. The van der Waals surface area contributed by atoms with Crippen LogP contribution in [0.1, 0.15) is 53.4 Å². The molecule has 1 aliphatic heterocycles. The van der Waals surface area contributed by atoms with Crippen LogP contribution in [0.25, 0.3) is 0 Å². The maximum atomic E-state index is 10.8. The Morgan fingerprint density at radius 3 is 2.16 bits per heavy atom. The molecule has 19 heavy (non-hydrogen) atoms. The van der Waals surface area contributed by atoms with Gasteiger partial charge < -0.3 is 19.7 Å². The Kier molecular flexibility index (Phi) is 3.34. The van der Waals surface area contributed by atoms with E-state index in [1.807, 2.05) is 6.92 Å². The predicted molar refractivity (Wildman–Crippen MR) is 68.0 cm³/mol. The molecule has 1 atom stereocenters. The molecular weight excluding hydrogens is 248 g/mol. The van der Waals surface area contributed by atoms with E-state index in [4.69, 9.17) is 0 Å². The lowest BCUT2D eigenvalue weighted by molar-refractivity contribution is -0.462. The van der Waals surface area contributed by atoms with E-state index in [2.05, 4.69) is 23.3 Å². The van der Waals surface area contributed by atoms with Crippen LogP contribution in [-0.4, -0.2) is 27.9 Å². The van der Waals surface area contributed by atoms with Crippen molar-refractivity contribution in [1.82, 2.24) is 0 Å². The molecule has 5 heteroatoms. The summed E-state index contributed by atoms with van der Waals surface area (Å²) < 4.78 is 9.26. The molecule has 2 N–H and O–H groups in total. The van der Waals surface area contributed by atoms with Crippen LogP contribution in [0, 0.1) is 17.3 Å². The molecule has 110 valence electrons. The van der Waals surface area contributed by atoms with E-state index >= 15 is 0 Å². The molecule has 2 fully saturated rings. The van der Waals surface area contributed by atoms with Gasteiger partial charge in [-0.05, 0) is 44.4 Å². The molecule has 1 unspecified atom stereocenters. The van der Waals surface area contributed by atoms with E-state index < -0.39 is 23.1 Å². The fourth-order valence-electron chi connectivity index (χ4n) is 3.24. The van der Waals surface area contributed by atoms with Crippen molar-refractivity contribution in [3.8, 4) is 0 Å². The largest absolute Gasteiger partial charge is 0.518 e. The molecule has 1 saturated heterocycles. The van der Waals surface area contributed by atoms with Gasteiger partial charge in [0.25, 0.3) is 0 Å². The quantitative estimate of drug-likeness (QED) is 0.771. The molecule has 0 spiro atoms. The molecule has 2 aliphatic rings. The number of hydrogen-bond acceptors (Lipinski definition) is 5. The molecule has 1 heterocycles. The van der Waals surface area contributed by atoms with E-state index in [1.54, 1.807) is 0 Å². The summed E-state index contributed by atoms with van der Waals surface area (Å²) in [6, 6.07) is 0. The first-order chi connectivity index (χ1) is 8.61. The molecule has 1 aliphatic carbocycles. The molecule has 0 aromatic rings. The Balaban J connectivity index is 2.10. The minimum Gasteiger partial charge on any atom is -0.379 e. The molecule has 0 amide bonds. The van der Waals surface area contributed by atoms with Gasteiger partial charge in [-0.25, -0.2) is 4.79 Å². The van der Waals surface area contributed by atoms with Crippen molar-refractivity contribution in [2.45, 2.75) is 65.0 Å². The highest BCUT2D eigenvalue weighted by atomic mass is 17.0. The Morgan fingerprint density at radius 2 is 1.79 bits per heavy atom. The summed E-state index contributed by atoms with van der Waals surface area (Å²) in [6.45, 7) is 7.80. The number of ether oxygens (including phenoxy) is 2. The van der Waals surface area contributed by atoms with Crippen LogP contribution >= 0.6 is 0 Å². The van der Waals surface area contributed by atoms with Crippen molar-refractivity contribution in [1.29, 1.82) is 0 Å². The Morgan fingerprint density at radius 1 is 1.32 bits per heavy atom. The second kappa shape index (κ2) is 4.35. The minimum absolute atomic E-state index is 0.534.